The topological polar surface area (TPSA) is 73.9 Å². The lowest BCUT2D eigenvalue weighted by atomic mass is 10.2. The van der Waals surface area contributed by atoms with Crippen LogP contribution >= 0.6 is 11.6 Å². The molecule has 2 aromatic carbocycles. The van der Waals surface area contributed by atoms with E-state index in [1.54, 1.807) is 36.4 Å². The average Bonchev–Trinajstić information content (AvgIpc) is 3.13. The van der Waals surface area contributed by atoms with Crippen molar-refractivity contribution in [3.63, 3.8) is 0 Å². The van der Waals surface area contributed by atoms with Gasteiger partial charge in [-0.25, -0.2) is 4.79 Å². The summed E-state index contributed by atoms with van der Waals surface area (Å²) < 4.78 is 15.6. The molecule has 3 rings (SSSR count). The molecule has 1 aliphatic heterocycles. The minimum Gasteiger partial charge on any atom is -0.454 e. The minimum absolute atomic E-state index is 0.194. The van der Waals surface area contributed by atoms with Crippen molar-refractivity contribution in [3.05, 3.63) is 64.7 Å². The summed E-state index contributed by atoms with van der Waals surface area (Å²) in [5.41, 5.74) is 1.54. The Morgan fingerprint density at radius 1 is 1.22 bits per heavy atom. The van der Waals surface area contributed by atoms with E-state index < -0.39 is 18.0 Å². The number of hydrogen-bond donors (Lipinski definition) is 1. The number of rotatable bonds is 6. The predicted molar refractivity (Wildman–Crippen MR) is 100 cm³/mol. The first kappa shape index (κ1) is 18.8. The van der Waals surface area contributed by atoms with Gasteiger partial charge < -0.3 is 19.5 Å². The van der Waals surface area contributed by atoms with E-state index in [0.717, 1.165) is 5.56 Å². The Kier molecular flexibility index (Phi) is 5.98. The molecule has 0 fully saturated rings. The maximum Gasteiger partial charge on any atom is 0.331 e. The van der Waals surface area contributed by atoms with E-state index in [1.807, 2.05) is 12.1 Å². The Hall–Kier alpha value is -2.99. The van der Waals surface area contributed by atoms with Crippen LogP contribution in [0.15, 0.2) is 48.5 Å². The second-order valence-electron chi connectivity index (χ2n) is 5.84. The molecule has 140 valence electrons. The molecule has 0 saturated heterocycles. The van der Waals surface area contributed by atoms with Crippen LogP contribution in [0, 0.1) is 0 Å². The summed E-state index contributed by atoms with van der Waals surface area (Å²) >= 11 is 6.01. The Morgan fingerprint density at radius 2 is 2.00 bits per heavy atom. The number of fused-ring (bicyclic) bond motifs is 1. The highest BCUT2D eigenvalue weighted by molar-refractivity contribution is 6.32. The number of carbonyl (C=O) groups excluding carboxylic acids is 2. The van der Waals surface area contributed by atoms with Crippen molar-refractivity contribution in [2.75, 3.05) is 6.79 Å². The molecule has 0 radical (unpaired) electrons. The molecule has 0 spiro atoms. The van der Waals surface area contributed by atoms with Gasteiger partial charge in [-0.1, -0.05) is 35.9 Å². The molecule has 1 aliphatic rings. The second-order valence-corrected chi connectivity index (χ2v) is 6.25. The molecule has 0 aromatic heterocycles. The zero-order valence-electron chi connectivity index (χ0n) is 14.6. The summed E-state index contributed by atoms with van der Waals surface area (Å²) in [5.74, 6) is 0.302. The normalized spacial score (nSPS) is 13.4. The quantitative estimate of drug-likeness (QED) is 0.608. The fourth-order valence-electron chi connectivity index (χ4n) is 2.42. The average molecular weight is 388 g/mol. The van der Waals surface area contributed by atoms with Crippen LogP contribution in [0.4, 0.5) is 0 Å². The maximum absolute atomic E-state index is 12.1. The van der Waals surface area contributed by atoms with Crippen molar-refractivity contribution in [1.82, 2.24) is 5.32 Å². The van der Waals surface area contributed by atoms with E-state index in [1.165, 1.54) is 13.0 Å². The minimum atomic E-state index is -0.928. The molecule has 0 unspecified atom stereocenters. The summed E-state index contributed by atoms with van der Waals surface area (Å²) in [6, 6.07) is 12.5. The Labute approximate surface area is 161 Å². The first-order valence-corrected chi connectivity index (χ1v) is 8.70. The van der Waals surface area contributed by atoms with Crippen LogP contribution in [0.25, 0.3) is 6.08 Å². The van der Waals surface area contributed by atoms with Gasteiger partial charge in [-0.05, 0) is 42.3 Å². The molecule has 0 saturated carbocycles. The Morgan fingerprint density at radius 3 is 2.81 bits per heavy atom. The predicted octanol–water partition coefficient (Wildman–Crippen LogP) is 3.33. The van der Waals surface area contributed by atoms with E-state index in [9.17, 15) is 9.59 Å². The largest absolute Gasteiger partial charge is 0.454 e. The summed E-state index contributed by atoms with van der Waals surface area (Å²) in [5, 5.41) is 3.24. The van der Waals surface area contributed by atoms with Crippen LogP contribution in [-0.4, -0.2) is 24.8 Å². The number of hydrogen-bond acceptors (Lipinski definition) is 5. The van der Waals surface area contributed by atoms with Crippen LogP contribution < -0.4 is 14.8 Å². The summed E-state index contributed by atoms with van der Waals surface area (Å²) in [7, 11) is 0. The molecule has 0 aliphatic carbocycles. The van der Waals surface area contributed by atoms with Gasteiger partial charge in [0.1, 0.15) is 0 Å². The maximum atomic E-state index is 12.1. The van der Waals surface area contributed by atoms with Crippen molar-refractivity contribution in [1.29, 1.82) is 0 Å². The molecule has 1 heterocycles. The molecule has 0 bridgehead atoms. The number of benzene rings is 2. The van der Waals surface area contributed by atoms with Gasteiger partial charge in [0.25, 0.3) is 5.91 Å². The third kappa shape index (κ3) is 5.01. The van der Waals surface area contributed by atoms with Gasteiger partial charge in [-0.2, -0.15) is 0 Å². The molecule has 27 heavy (non-hydrogen) atoms. The van der Waals surface area contributed by atoms with Gasteiger partial charge in [-0.3, -0.25) is 4.79 Å². The highest BCUT2D eigenvalue weighted by atomic mass is 35.5. The SMILES string of the molecule is C[C@@H](OC(=O)/C=C/c1ccccc1Cl)C(=O)NCc1ccc2c(c1)OCO2. The van der Waals surface area contributed by atoms with Gasteiger partial charge in [0.05, 0.1) is 0 Å². The monoisotopic (exact) mass is 387 g/mol. The van der Waals surface area contributed by atoms with Gasteiger partial charge in [0.2, 0.25) is 6.79 Å². The number of carbonyl (C=O) groups is 2. The summed E-state index contributed by atoms with van der Waals surface area (Å²) in [6.07, 6.45) is 1.85. The molecule has 7 heteroatoms. The number of halogens is 1. The fourth-order valence-corrected chi connectivity index (χ4v) is 2.62. The molecule has 1 atom stereocenters. The summed E-state index contributed by atoms with van der Waals surface area (Å²) in [4.78, 5) is 24.0. The van der Waals surface area contributed by atoms with Crippen molar-refractivity contribution in [2.45, 2.75) is 19.6 Å². The third-order valence-electron chi connectivity index (χ3n) is 3.87. The van der Waals surface area contributed by atoms with E-state index >= 15 is 0 Å². The van der Waals surface area contributed by atoms with Crippen molar-refractivity contribution in [3.8, 4) is 11.5 Å². The lowest BCUT2D eigenvalue weighted by Crippen LogP contribution is -2.35. The van der Waals surface area contributed by atoms with Crippen LogP contribution in [0.2, 0.25) is 5.02 Å². The van der Waals surface area contributed by atoms with Crippen LogP contribution in [0.1, 0.15) is 18.1 Å². The van der Waals surface area contributed by atoms with Crippen molar-refractivity contribution in [2.24, 2.45) is 0 Å². The molecular formula is C20H18ClNO5. The first-order chi connectivity index (χ1) is 13.0. The smallest absolute Gasteiger partial charge is 0.331 e. The zero-order chi connectivity index (χ0) is 19.2. The Bertz CT molecular complexity index is 880. The lowest BCUT2D eigenvalue weighted by molar-refractivity contribution is -0.150. The highest BCUT2D eigenvalue weighted by Crippen LogP contribution is 2.32. The zero-order valence-corrected chi connectivity index (χ0v) is 15.4. The fraction of sp³-hybridized carbons (Fsp3) is 0.200. The van der Waals surface area contributed by atoms with Crippen LogP contribution in [0.5, 0.6) is 11.5 Å². The molecular weight excluding hydrogens is 370 g/mol. The van der Waals surface area contributed by atoms with Crippen molar-refractivity contribution < 1.29 is 23.8 Å². The standard InChI is InChI=1S/C20H18ClNO5/c1-13(27-19(23)9-7-15-4-2-3-5-16(15)21)20(24)22-11-14-6-8-17-18(10-14)26-12-25-17/h2-10,13H,11-12H2,1H3,(H,22,24)/b9-7+/t13-/m1/s1. The van der Waals surface area contributed by atoms with Gasteiger partial charge >= 0.3 is 5.97 Å². The van der Waals surface area contributed by atoms with Gasteiger partial charge in [-0.15, -0.1) is 0 Å². The van der Waals surface area contributed by atoms with E-state index in [4.69, 9.17) is 25.8 Å². The molecule has 6 nitrogen and oxygen atoms in total. The number of ether oxygens (including phenoxy) is 3. The summed E-state index contributed by atoms with van der Waals surface area (Å²) in [6.45, 7) is 1.99. The van der Waals surface area contributed by atoms with Crippen LogP contribution in [0.3, 0.4) is 0 Å². The second kappa shape index (κ2) is 8.60. The lowest BCUT2D eigenvalue weighted by Gasteiger charge is -2.12. The van der Waals surface area contributed by atoms with Crippen molar-refractivity contribution >= 4 is 29.6 Å². The molecule has 1 N–H and O–H groups in total. The number of nitrogens with one attached hydrogen (secondary N) is 1. The van der Waals surface area contributed by atoms with Crippen LogP contribution in [-0.2, 0) is 20.9 Å². The number of amides is 1. The molecule has 2 aromatic rings. The number of esters is 1. The Balaban J connectivity index is 1.48. The molecule has 1 amide bonds. The van der Waals surface area contributed by atoms with Gasteiger partial charge in [0.15, 0.2) is 17.6 Å². The van der Waals surface area contributed by atoms with E-state index in [-0.39, 0.29) is 13.3 Å². The highest BCUT2D eigenvalue weighted by Gasteiger charge is 2.17. The van der Waals surface area contributed by atoms with E-state index in [2.05, 4.69) is 5.32 Å². The first-order valence-electron chi connectivity index (χ1n) is 8.32. The third-order valence-corrected chi connectivity index (χ3v) is 4.21. The van der Waals surface area contributed by atoms with E-state index in [0.29, 0.717) is 22.1 Å². The van der Waals surface area contributed by atoms with Gasteiger partial charge in [0, 0.05) is 17.6 Å².